The van der Waals surface area contributed by atoms with Crippen LogP contribution in [0.3, 0.4) is 0 Å². The number of hydrogen-bond donors (Lipinski definition) is 1. The van der Waals surface area contributed by atoms with Crippen molar-refractivity contribution in [3.05, 3.63) is 52.0 Å². The standard InChI is InChI=1S/C16H23N3S/c1-14-4-3-5-16(18-14)12-19(2)10-9-17-8-6-15-7-11-20-13-15/h3-5,7,11,13,17H,6,8-10,12H2,1-2H3. The van der Waals surface area contributed by atoms with Crippen LogP contribution < -0.4 is 5.32 Å². The van der Waals surface area contributed by atoms with Crippen LogP contribution in [0, 0.1) is 6.92 Å². The van der Waals surface area contributed by atoms with E-state index in [9.17, 15) is 0 Å². The van der Waals surface area contributed by atoms with Gasteiger partial charge in [0.1, 0.15) is 0 Å². The number of nitrogens with one attached hydrogen (secondary N) is 1. The fourth-order valence-corrected chi connectivity index (χ4v) is 2.81. The molecule has 0 fully saturated rings. The molecule has 2 rings (SSSR count). The summed E-state index contributed by atoms with van der Waals surface area (Å²) < 4.78 is 0. The van der Waals surface area contributed by atoms with Crippen LogP contribution in [0.1, 0.15) is 17.0 Å². The van der Waals surface area contributed by atoms with Gasteiger partial charge in [-0.05, 0) is 61.5 Å². The molecule has 0 aliphatic heterocycles. The number of aryl methyl sites for hydroxylation is 1. The van der Waals surface area contributed by atoms with E-state index in [-0.39, 0.29) is 0 Å². The lowest BCUT2D eigenvalue weighted by atomic mass is 10.2. The van der Waals surface area contributed by atoms with E-state index in [1.807, 2.05) is 13.0 Å². The third kappa shape index (κ3) is 5.41. The molecule has 0 spiro atoms. The van der Waals surface area contributed by atoms with Crippen LogP contribution in [0.15, 0.2) is 35.0 Å². The number of thiophene rings is 1. The zero-order valence-electron chi connectivity index (χ0n) is 12.3. The van der Waals surface area contributed by atoms with Crippen LogP contribution in [0.25, 0.3) is 0 Å². The number of hydrogen-bond acceptors (Lipinski definition) is 4. The Balaban J connectivity index is 1.59. The summed E-state index contributed by atoms with van der Waals surface area (Å²) in [6.45, 7) is 6.06. The number of pyridine rings is 1. The molecule has 108 valence electrons. The Hall–Kier alpha value is -1.23. The summed E-state index contributed by atoms with van der Waals surface area (Å²) in [6, 6.07) is 8.40. The van der Waals surface area contributed by atoms with Gasteiger partial charge in [0.05, 0.1) is 5.69 Å². The third-order valence-corrected chi connectivity index (χ3v) is 3.95. The number of rotatable bonds is 8. The van der Waals surface area contributed by atoms with Crippen LogP contribution in [0.4, 0.5) is 0 Å². The van der Waals surface area contributed by atoms with E-state index in [2.05, 4.69) is 51.2 Å². The lowest BCUT2D eigenvalue weighted by Crippen LogP contribution is -2.30. The molecule has 2 heterocycles. The Bertz CT molecular complexity index is 496. The molecule has 0 aliphatic rings. The first kappa shape index (κ1) is 15.2. The van der Waals surface area contributed by atoms with E-state index in [1.54, 1.807) is 11.3 Å². The SMILES string of the molecule is Cc1cccc(CN(C)CCNCCc2ccsc2)n1. The number of aromatic nitrogens is 1. The zero-order valence-corrected chi connectivity index (χ0v) is 13.1. The van der Waals surface area contributed by atoms with Gasteiger partial charge in [0, 0.05) is 25.3 Å². The Morgan fingerprint density at radius 1 is 1.25 bits per heavy atom. The minimum absolute atomic E-state index is 0.911. The van der Waals surface area contributed by atoms with Gasteiger partial charge in [-0.25, -0.2) is 0 Å². The van der Waals surface area contributed by atoms with Crippen molar-refractivity contribution in [2.45, 2.75) is 19.9 Å². The smallest absolute Gasteiger partial charge is 0.0547 e. The molecule has 2 aromatic heterocycles. The summed E-state index contributed by atoms with van der Waals surface area (Å²) in [5.41, 5.74) is 3.66. The molecule has 0 aromatic carbocycles. The van der Waals surface area contributed by atoms with E-state index in [4.69, 9.17) is 0 Å². The molecule has 1 N–H and O–H groups in total. The van der Waals surface area contributed by atoms with Crippen molar-refractivity contribution in [3.63, 3.8) is 0 Å². The van der Waals surface area contributed by atoms with Gasteiger partial charge in [0.15, 0.2) is 0 Å². The van der Waals surface area contributed by atoms with Gasteiger partial charge < -0.3 is 5.32 Å². The van der Waals surface area contributed by atoms with Crippen molar-refractivity contribution < 1.29 is 0 Å². The number of likely N-dealkylation sites (N-methyl/N-ethyl adjacent to an activating group) is 1. The largest absolute Gasteiger partial charge is 0.315 e. The van der Waals surface area contributed by atoms with Gasteiger partial charge in [-0.2, -0.15) is 11.3 Å². The van der Waals surface area contributed by atoms with E-state index < -0.39 is 0 Å². The fraction of sp³-hybridized carbons (Fsp3) is 0.438. The molecular formula is C16H23N3S. The van der Waals surface area contributed by atoms with E-state index in [0.717, 1.165) is 44.0 Å². The Kier molecular flexibility index (Phi) is 6.18. The average Bonchev–Trinajstić information content (AvgIpc) is 2.91. The van der Waals surface area contributed by atoms with Crippen molar-refractivity contribution in [2.75, 3.05) is 26.7 Å². The van der Waals surface area contributed by atoms with Crippen molar-refractivity contribution in [2.24, 2.45) is 0 Å². The van der Waals surface area contributed by atoms with E-state index in [0.29, 0.717) is 0 Å². The highest BCUT2D eigenvalue weighted by atomic mass is 32.1. The molecule has 0 atom stereocenters. The maximum absolute atomic E-state index is 4.53. The van der Waals surface area contributed by atoms with Crippen molar-refractivity contribution in [1.82, 2.24) is 15.2 Å². The first-order valence-electron chi connectivity index (χ1n) is 7.07. The summed E-state index contributed by atoms with van der Waals surface area (Å²) in [4.78, 5) is 6.84. The molecule has 0 unspecified atom stereocenters. The molecule has 0 amide bonds. The average molecular weight is 289 g/mol. The predicted molar refractivity (Wildman–Crippen MR) is 86.2 cm³/mol. The maximum Gasteiger partial charge on any atom is 0.0547 e. The van der Waals surface area contributed by atoms with Crippen molar-refractivity contribution in [3.8, 4) is 0 Å². The first-order chi connectivity index (χ1) is 9.74. The molecule has 20 heavy (non-hydrogen) atoms. The van der Waals surface area contributed by atoms with E-state index in [1.165, 1.54) is 5.56 Å². The molecule has 4 heteroatoms. The molecule has 0 saturated carbocycles. The van der Waals surface area contributed by atoms with Crippen molar-refractivity contribution in [1.29, 1.82) is 0 Å². The van der Waals surface area contributed by atoms with Gasteiger partial charge in [0.25, 0.3) is 0 Å². The van der Waals surface area contributed by atoms with E-state index >= 15 is 0 Å². The molecule has 2 aromatic rings. The maximum atomic E-state index is 4.53. The Morgan fingerprint density at radius 3 is 2.90 bits per heavy atom. The minimum Gasteiger partial charge on any atom is -0.315 e. The number of nitrogens with zero attached hydrogens (tertiary/aromatic N) is 2. The zero-order chi connectivity index (χ0) is 14.2. The molecular weight excluding hydrogens is 266 g/mol. The highest BCUT2D eigenvalue weighted by molar-refractivity contribution is 7.07. The summed E-state index contributed by atoms with van der Waals surface area (Å²) in [7, 11) is 2.14. The topological polar surface area (TPSA) is 28.2 Å². The molecule has 0 saturated heterocycles. The summed E-state index contributed by atoms with van der Waals surface area (Å²) in [5.74, 6) is 0. The lowest BCUT2D eigenvalue weighted by molar-refractivity contribution is 0.321. The van der Waals surface area contributed by atoms with Gasteiger partial charge in [0.2, 0.25) is 0 Å². The van der Waals surface area contributed by atoms with Crippen LogP contribution in [-0.4, -0.2) is 36.6 Å². The van der Waals surface area contributed by atoms with Crippen LogP contribution in [0.5, 0.6) is 0 Å². The van der Waals surface area contributed by atoms with Crippen LogP contribution in [0.2, 0.25) is 0 Å². The monoisotopic (exact) mass is 289 g/mol. The minimum atomic E-state index is 0.911. The first-order valence-corrected chi connectivity index (χ1v) is 8.01. The summed E-state index contributed by atoms with van der Waals surface area (Å²) in [6.07, 6.45) is 1.12. The highest BCUT2D eigenvalue weighted by Crippen LogP contribution is 2.05. The second-order valence-electron chi connectivity index (χ2n) is 5.14. The van der Waals surface area contributed by atoms with Crippen molar-refractivity contribution >= 4 is 11.3 Å². The fourth-order valence-electron chi connectivity index (χ4n) is 2.11. The Morgan fingerprint density at radius 2 is 2.15 bits per heavy atom. The van der Waals surface area contributed by atoms with Crippen LogP contribution in [-0.2, 0) is 13.0 Å². The summed E-state index contributed by atoms with van der Waals surface area (Å²) in [5, 5.41) is 7.85. The van der Waals surface area contributed by atoms with Gasteiger partial charge >= 0.3 is 0 Å². The van der Waals surface area contributed by atoms with Gasteiger partial charge in [-0.3, -0.25) is 9.88 Å². The van der Waals surface area contributed by atoms with Gasteiger partial charge in [-0.15, -0.1) is 0 Å². The Labute approximate surface area is 125 Å². The molecule has 0 radical (unpaired) electrons. The molecule has 0 bridgehead atoms. The molecule has 3 nitrogen and oxygen atoms in total. The quantitative estimate of drug-likeness (QED) is 0.757. The second-order valence-corrected chi connectivity index (χ2v) is 5.92. The third-order valence-electron chi connectivity index (χ3n) is 3.22. The van der Waals surface area contributed by atoms with Crippen LogP contribution >= 0.6 is 11.3 Å². The second kappa shape index (κ2) is 8.15. The lowest BCUT2D eigenvalue weighted by Gasteiger charge is -2.16. The molecule has 0 aliphatic carbocycles. The highest BCUT2D eigenvalue weighted by Gasteiger charge is 2.01. The van der Waals surface area contributed by atoms with Gasteiger partial charge in [-0.1, -0.05) is 6.07 Å². The predicted octanol–water partition coefficient (Wildman–Crippen LogP) is 2.72. The normalized spacial score (nSPS) is 11.2. The summed E-state index contributed by atoms with van der Waals surface area (Å²) >= 11 is 1.77.